The number of rotatable bonds is 4. The molecule has 6 heteroatoms. The molecule has 0 bridgehead atoms. The van der Waals surface area contributed by atoms with E-state index >= 15 is 0 Å². The summed E-state index contributed by atoms with van der Waals surface area (Å²) in [6.07, 6.45) is 1.93. The van der Waals surface area contributed by atoms with Gasteiger partial charge in [-0.15, -0.1) is 0 Å². The van der Waals surface area contributed by atoms with Gasteiger partial charge in [-0.1, -0.05) is 0 Å². The first-order valence-corrected chi connectivity index (χ1v) is 8.07. The maximum atomic E-state index is 12.0. The van der Waals surface area contributed by atoms with E-state index in [1.807, 2.05) is 0 Å². The van der Waals surface area contributed by atoms with Crippen molar-refractivity contribution in [3.8, 4) is 0 Å². The summed E-state index contributed by atoms with van der Waals surface area (Å²) >= 11 is 0. The summed E-state index contributed by atoms with van der Waals surface area (Å²) in [5, 5.41) is 7.47. The number of piperidine rings is 1. The smallest absolute Gasteiger partial charge is 0.156 e. The zero-order valence-corrected chi connectivity index (χ0v) is 12.4. The van der Waals surface area contributed by atoms with E-state index in [1.165, 1.54) is 0 Å². The summed E-state index contributed by atoms with van der Waals surface area (Å²) < 4.78 is 23.3. The van der Waals surface area contributed by atoms with Gasteiger partial charge >= 0.3 is 0 Å². The zero-order chi connectivity index (χ0) is 14.0. The lowest BCUT2D eigenvalue weighted by Gasteiger charge is -2.32. The highest BCUT2D eigenvalue weighted by molar-refractivity contribution is 7.92. The van der Waals surface area contributed by atoms with Crippen molar-refractivity contribution in [2.45, 2.75) is 38.4 Å². The Morgan fingerprint density at radius 3 is 2.56 bits per heavy atom. The Hall–Kier alpha value is -0.620. The molecule has 3 N–H and O–H groups in total. The number of hydrogen-bond donors (Lipinski definition) is 2. The average molecular weight is 275 g/mol. The highest BCUT2D eigenvalue weighted by Crippen LogP contribution is 2.19. The van der Waals surface area contributed by atoms with Crippen LogP contribution in [0.1, 0.15) is 33.6 Å². The van der Waals surface area contributed by atoms with Crippen molar-refractivity contribution in [3.63, 3.8) is 0 Å². The standard InChI is InChI=1S/C12H25N3O2S/c1-12(2,3)18(16,17)8-7-15-6-4-5-10(9-15)11(13)14/h10H,4-9H2,1-3H3,(H3,13,14). The Morgan fingerprint density at radius 1 is 1.44 bits per heavy atom. The van der Waals surface area contributed by atoms with Crippen molar-refractivity contribution in [1.82, 2.24) is 4.90 Å². The molecule has 0 aromatic rings. The van der Waals surface area contributed by atoms with Crippen LogP contribution in [0.15, 0.2) is 0 Å². The van der Waals surface area contributed by atoms with Gasteiger partial charge in [0.15, 0.2) is 9.84 Å². The van der Waals surface area contributed by atoms with Gasteiger partial charge in [0, 0.05) is 19.0 Å². The van der Waals surface area contributed by atoms with Crippen LogP contribution < -0.4 is 5.73 Å². The first-order chi connectivity index (χ1) is 8.13. The molecule has 1 unspecified atom stereocenters. The van der Waals surface area contributed by atoms with Gasteiger partial charge in [0.25, 0.3) is 0 Å². The molecule has 0 radical (unpaired) electrons. The Bertz CT molecular complexity index is 398. The predicted molar refractivity (Wildman–Crippen MR) is 74.6 cm³/mol. The van der Waals surface area contributed by atoms with Gasteiger partial charge in [-0.25, -0.2) is 8.42 Å². The van der Waals surface area contributed by atoms with Crippen LogP contribution >= 0.6 is 0 Å². The summed E-state index contributed by atoms with van der Waals surface area (Å²) in [7, 11) is -3.06. The van der Waals surface area contributed by atoms with Crippen LogP contribution in [0.25, 0.3) is 0 Å². The van der Waals surface area contributed by atoms with E-state index in [1.54, 1.807) is 20.8 Å². The Morgan fingerprint density at radius 2 is 2.06 bits per heavy atom. The summed E-state index contributed by atoms with van der Waals surface area (Å²) in [5.41, 5.74) is 5.52. The van der Waals surface area contributed by atoms with Gasteiger partial charge in [-0.05, 0) is 40.2 Å². The second-order valence-electron chi connectivity index (χ2n) is 6.03. The number of nitrogens with zero attached hydrogens (tertiary/aromatic N) is 1. The maximum absolute atomic E-state index is 12.0. The topological polar surface area (TPSA) is 87.2 Å². The minimum atomic E-state index is -3.06. The molecule has 5 nitrogen and oxygen atoms in total. The summed E-state index contributed by atoms with van der Waals surface area (Å²) in [6, 6.07) is 0. The van der Waals surface area contributed by atoms with Gasteiger partial charge < -0.3 is 10.6 Å². The fraction of sp³-hybridized carbons (Fsp3) is 0.917. The Kier molecular flexibility index (Phi) is 4.78. The highest BCUT2D eigenvalue weighted by atomic mass is 32.2. The molecule has 1 aliphatic rings. The molecular weight excluding hydrogens is 250 g/mol. The molecule has 0 aromatic carbocycles. The zero-order valence-electron chi connectivity index (χ0n) is 11.6. The third-order valence-electron chi connectivity index (χ3n) is 3.55. The van der Waals surface area contributed by atoms with E-state index in [0.717, 1.165) is 25.9 Å². The maximum Gasteiger partial charge on any atom is 0.156 e. The van der Waals surface area contributed by atoms with Crippen LogP contribution in [-0.4, -0.2) is 49.3 Å². The quantitative estimate of drug-likeness (QED) is 0.588. The van der Waals surface area contributed by atoms with E-state index in [-0.39, 0.29) is 17.5 Å². The molecule has 0 amide bonds. The molecule has 1 atom stereocenters. The minimum absolute atomic E-state index is 0.0936. The van der Waals surface area contributed by atoms with Crippen molar-refractivity contribution in [2.75, 3.05) is 25.4 Å². The molecular formula is C12H25N3O2S. The number of nitrogens with two attached hydrogens (primary N) is 1. The van der Waals surface area contributed by atoms with Gasteiger partial charge in [-0.3, -0.25) is 5.41 Å². The highest BCUT2D eigenvalue weighted by Gasteiger charge is 2.30. The number of likely N-dealkylation sites (tertiary alicyclic amines) is 1. The average Bonchev–Trinajstić information content (AvgIpc) is 2.25. The fourth-order valence-corrected chi connectivity index (χ4v) is 3.18. The molecule has 0 aromatic heterocycles. The molecule has 0 spiro atoms. The van der Waals surface area contributed by atoms with Crippen molar-refractivity contribution in [3.05, 3.63) is 0 Å². The van der Waals surface area contributed by atoms with E-state index in [0.29, 0.717) is 6.54 Å². The largest absolute Gasteiger partial charge is 0.387 e. The summed E-state index contributed by atoms with van der Waals surface area (Å²) in [6.45, 7) is 7.37. The molecule has 18 heavy (non-hydrogen) atoms. The van der Waals surface area contributed by atoms with Crippen LogP contribution in [0.4, 0.5) is 0 Å². The number of nitrogens with one attached hydrogen (secondary N) is 1. The van der Waals surface area contributed by atoms with Gasteiger partial charge in [0.1, 0.15) is 0 Å². The summed E-state index contributed by atoms with van der Waals surface area (Å²) in [4.78, 5) is 2.11. The van der Waals surface area contributed by atoms with Crippen LogP contribution in [0.2, 0.25) is 0 Å². The lowest BCUT2D eigenvalue weighted by Crippen LogP contribution is -2.44. The molecule has 1 heterocycles. The third kappa shape index (κ3) is 3.95. The van der Waals surface area contributed by atoms with Crippen molar-refractivity contribution in [2.24, 2.45) is 11.7 Å². The van der Waals surface area contributed by atoms with E-state index in [9.17, 15) is 8.42 Å². The monoisotopic (exact) mass is 275 g/mol. The first-order valence-electron chi connectivity index (χ1n) is 6.42. The van der Waals surface area contributed by atoms with E-state index in [2.05, 4.69) is 4.90 Å². The van der Waals surface area contributed by atoms with Gasteiger partial charge in [-0.2, -0.15) is 0 Å². The van der Waals surface area contributed by atoms with Gasteiger partial charge in [0.05, 0.1) is 16.3 Å². The second kappa shape index (κ2) is 5.57. The SMILES string of the molecule is CC(C)(C)S(=O)(=O)CCN1CCCC(C(=N)N)C1. The fourth-order valence-electron chi connectivity index (χ4n) is 2.07. The predicted octanol–water partition coefficient (Wildman–Crippen LogP) is 0.848. The van der Waals surface area contributed by atoms with Crippen molar-refractivity contribution < 1.29 is 8.42 Å². The van der Waals surface area contributed by atoms with Crippen LogP contribution in [0, 0.1) is 11.3 Å². The second-order valence-corrected chi connectivity index (χ2v) is 8.89. The van der Waals surface area contributed by atoms with Crippen molar-refractivity contribution >= 4 is 15.7 Å². The molecule has 106 valence electrons. The number of sulfone groups is 1. The van der Waals surface area contributed by atoms with Crippen LogP contribution in [0.3, 0.4) is 0 Å². The molecule has 1 aliphatic heterocycles. The van der Waals surface area contributed by atoms with Gasteiger partial charge in [0.2, 0.25) is 0 Å². The molecule has 0 saturated carbocycles. The van der Waals surface area contributed by atoms with Crippen LogP contribution in [0.5, 0.6) is 0 Å². The van der Waals surface area contributed by atoms with Crippen molar-refractivity contribution in [1.29, 1.82) is 5.41 Å². The Balaban J connectivity index is 2.52. The Labute approximate surface area is 110 Å². The normalized spacial score (nSPS) is 22.9. The molecule has 1 fully saturated rings. The molecule has 0 aliphatic carbocycles. The van der Waals surface area contributed by atoms with E-state index < -0.39 is 14.6 Å². The molecule has 1 rings (SSSR count). The number of hydrogen-bond acceptors (Lipinski definition) is 4. The number of amidine groups is 1. The lowest BCUT2D eigenvalue weighted by atomic mass is 9.97. The molecule has 1 saturated heterocycles. The summed E-state index contributed by atoms with van der Waals surface area (Å²) in [5.74, 6) is 0.496. The van der Waals surface area contributed by atoms with E-state index in [4.69, 9.17) is 11.1 Å². The lowest BCUT2D eigenvalue weighted by molar-refractivity contribution is 0.214. The third-order valence-corrected chi connectivity index (χ3v) is 6.14. The first kappa shape index (κ1) is 15.4. The van der Waals surface area contributed by atoms with Crippen LogP contribution in [-0.2, 0) is 9.84 Å². The minimum Gasteiger partial charge on any atom is -0.387 e.